The molecule has 1 aliphatic rings. The number of nitrogens with zero attached hydrogens (tertiary/aromatic N) is 1. The van der Waals surface area contributed by atoms with Gasteiger partial charge in [0.25, 0.3) is 0 Å². The predicted molar refractivity (Wildman–Crippen MR) is 92.9 cm³/mol. The van der Waals surface area contributed by atoms with Crippen LogP contribution in [0.4, 0.5) is 0 Å². The topological polar surface area (TPSA) is 12.5 Å². The Morgan fingerprint density at radius 1 is 0.857 bits per heavy atom. The summed E-state index contributed by atoms with van der Waals surface area (Å²) in [7, 11) is 0. The highest BCUT2D eigenvalue weighted by Gasteiger charge is 2.40. The highest BCUT2D eigenvalue weighted by atomic mass is 16.5. The van der Waals surface area contributed by atoms with Crippen LogP contribution in [0, 0.1) is 0 Å². The Bertz CT molecular complexity index is 267. The molecule has 0 amide bonds. The smallest absolute Gasteiger partial charge is 0.0518 e. The number of rotatable bonds is 9. The summed E-state index contributed by atoms with van der Waals surface area (Å²) in [5.41, 5.74) is 0.764. The molecule has 21 heavy (non-hydrogen) atoms. The van der Waals surface area contributed by atoms with E-state index in [0.29, 0.717) is 17.2 Å². The molecular weight excluding hydrogens is 258 g/mol. The fourth-order valence-corrected chi connectivity index (χ4v) is 3.87. The van der Waals surface area contributed by atoms with Gasteiger partial charge in [0.15, 0.2) is 0 Å². The molecule has 2 heteroatoms. The first-order chi connectivity index (χ1) is 9.76. The monoisotopic (exact) mass is 297 g/mol. The van der Waals surface area contributed by atoms with Crippen molar-refractivity contribution in [3.8, 4) is 0 Å². The number of hydrogen-bond acceptors (Lipinski definition) is 2. The molecule has 0 saturated carbocycles. The van der Waals surface area contributed by atoms with E-state index >= 15 is 0 Å². The van der Waals surface area contributed by atoms with Gasteiger partial charge in [-0.05, 0) is 80.2 Å². The maximum Gasteiger partial charge on any atom is 0.0518 e. The van der Waals surface area contributed by atoms with Crippen LogP contribution in [0.15, 0.2) is 0 Å². The van der Waals surface area contributed by atoms with E-state index in [2.05, 4.69) is 46.4 Å². The molecule has 0 bridgehead atoms. The minimum Gasteiger partial charge on any atom is -0.379 e. The van der Waals surface area contributed by atoms with E-state index in [9.17, 15) is 0 Å². The lowest BCUT2D eigenvalue weighted by atomic mass is 9.79. The molecule has 0 N–H and O–H groups in total. The van der Waals surface area contributed by atoms with Crippen LogP contribution in [0.3, 0.4) is 0 Å². The maximum absolute atomic E-state index is 5.59. The van der Waals surface area contributed by atoms with E-state index in [0.717, 1.165) is 6.61 Å². The largest absolute Gasteiger partial charge is 0.379 e. The molecule has 0 aliphatic carbocycles. The Balaban J connectivity index is 2.16. The van der Waals surface area contributed by atoms with Crippen molar-refractivity contribution in [3.05, 3.63) is 0 Å². The number of ether oxygens (including phenoxy) is 1. The second kappa shape index (κ2) is 8.53. The summed E-state index contributed by atoms with van der Waals surface area (Å²) in [4.78, 5) is 2.77. The highest BCUT2D eigenvalue weighted by molar-refractivity contribution is 4.96. The molecule has 0 spiro atoms. The van der Waals surface area contributed by atoms with Crippen molar-refractivity contribution < 1.29 is 4.74 Å². The second-order valence-corrected chi connectivity index (χ2v) is 8.32. The summed E-state index contributed by atoms with van der Waals surface area (Å²) >= 11 is 0. The third-order valence-electron chi connectivity index (χ3n) is 5.02. The molecular formula is C19H39NO. The van der Waals surface area contributed by atoms with E-state index in [1.165, 1.54) is 57.9 Å². The van der Waals surface area contributed by atoms with Gasteiger partial charge >= 0.3 is 0 Å². The Labute approximate surface area is 133 Å². The van der Waals surface area contributed by atoms with E-state index in [1.54, 1.807) is 0 Å². The number of likely N-dealkylation sites (tertiary alicyclic amines) is 1. The van der Waals surface area contributed by atoms with Crippen LogP contribution in [0.25, 0.3) is 0 Å². The lowest BCUT2D eigenvalue weighted by Gasteiger charge is -2.53. The van der Waals surface area contributed by atoms with E-state index in [1.807, 2.05) is 0 Å². The van der Waals surface area contributed by atoms with Gasteiger partial charge < -0.3 is 4.74 Å². The highest BCUT2D eigenvalue weighted by Crippen LogP contribution is 2.38. The molecule has 126 valence electrons. The first-order valence-corrected chi connectivity index (χ1v) is 9.15. The summed E-state index contributed by atoms with van der Waals surface area (Å²) in [6.45, 7) is 16.1. The second-order valence-electron chi connectivity index (χ2n) is 8.32. The number of hydrogen-bond donors (Lipinski definition) is 0. The zero-order valence-electron chi connectivity index (χ0n) is 15.5. The van der Waals surface area contributed by atoms with Gasteiger partial charge in [0.05, 0.1) is 6.10 Å². The Kier molecular flexibility index (Phi) is 7.70. The average Bonchev–Trinajstić information content (AvgIpc) is 2.34. The quantitative estimate of drug-likeness (QED) is 0.528. The van der Waals surface area contributed by atoms with Crippen molar-refractivity contribution in [2.75, 3.05) is 13.2 Å². The van der Waals surface area contributed by atoms with Gasteiger partial charge in [-0.2, -0.15) is 0 Å². The van der Waals surface area contributed by atoms with Gasteiger partial charge in [0, 0.05) is 17.7 Å². The van der Waals surface area contributed by atoms with Crippen LogP contribution in [-0.2, 0) is 4.74 Å². The molecule has 1 heterocycles. The van der Waals surface area contributed by atoms with Crippen molar-refractivity contribution in [3.63, 3.8) is 0 Å². The number of piperidine rings is 1. The Morgan fingerprint density at radius 2 is 1.38 bits per heavy atom. The molecule has 0 atom stereocenters. The third kappa shape index (κ3) is 6.69. The van der Waals surface area contributed by atoms with Crippen molar-refractivity contribution in [2.45, 2.75) is 110 Å². The molecule has 0 radical (unpaired) electrons. The maximum atomic E-state index is 5.59. The van der Waals surface area contributed by atoms with Crippen LogP contribution in [0.1, 0.15) is 92.9 Å². The minimum atomic E-state index is 0.382. The SMILES string of the molecule is CC(C)OCCCCCCCN1C(C)(C)CCCC1(C)C. The standard InChI is InChI=1S/C19H39NO/c1-17(2)21-16-11-9-7-8-10-15-20-18(3,4)13-12-14-19(20,5)6/h17H,7-16H2,1-6H3. The van der Waals surface area contributed by atoms with Gasteiger partial charge in [-0.25, -0.2) is 0 Å². The fraction of sp³-hybridized carbons (Fsp3) is 1.00. The van der Waals surface area contributed by atoms with Gasteiger partial charge in [-0.3, -0.25) is 4.90 Å². The predicted octanol–water partition coefficient (Wildman–Crippen LogP) is 5.41. The average molecular weight is 298 g/mol. The molecule has 1 saturated heterocycles. The van der Waals surface area contributed by atoms with Gasteiger partial charge in [0.2, 0.25) is 0 Å². The molecule has 0 aromatic rings. The zero-order chi connectivity index (χ0) is 15.9. The summed E-state index contributed by atoms with van der Waals surface area (Å²) in [5.74, 6) is 0. The van der Waals surface area contributed by atoms with Crippen LogP contribution in [-0.4, -0.2) is 35.2 Å². The van der Waals surface area contributed by atoms with E-state index in [4.69, 9.17) is 4.74 Å². The van der Waals surface area contributed by atoms with E-state index in [-0.39, 0.29) is 0 Å². The van der Waals surface area contributed by atoms with Crippen molar-refractivity contribution >= 4 is 0 Å². The van der Waals surface area contributed by atoms with Crippen molar-refractivity contribution in [1.82, 2.24) is 4.90 Å². The third-order valence-corrected chi connectivity index (χ3v) is 5.02. The molecule has 1 fully saturated rings. The molecule has 1 rings (SSSR count). The van der Waals surface area contributed by atoms with Crippen LogP contribution in [0.2, 0.25) is 0 Å². The molecule has 0 aromatic heterocycles. The lowest BCUT2D eigenvalue weighted by molar-refractivity contribution is -0.0276. The zero-order valence-corrected chi connectivity index (χ0v) is 15.5. The lowest BCUT2D eigenvalue weighted by Crippen LogP contribution is -2.58. The van der Waals surface area contributed by atoms with Crippen LogP contribution < -0.4 is 0 Å². The first kappa shape index (κ1) is 19.0. The van der Waals surface area contributed by atoms with Gasteiger partial charge in [-0.1, -0.05) is 19.3 Å². The first-order valence-electron chi connectivity index (χ1n) is 9.15. The Morgan fingerprint density at radius 3 is 1.95 bits per heavy atom. The minimum absolute atomic E-state index is 0.382. The van der Waals surface area contributed by atoms with Gasteiger partial charge in [-0.15, -0.1) is 0 Å². The molecule has 2 nitrogen and oxygen atoms in total. The van der Waals surface area contributed by atoms with Gasteiger partial charge in [0.1, 0.15) is 0 Å². The van der Waals surface area contributed by atoms with E-state index < -0.39 is 0 Å². The van der Waals surface area contributed by atoms with Crippen LogP contribution >= 0.6 is 0 Å². The normalized spacial score (nSPS) is 21.9. The van der Waals surface area contributed by atoms with Crippen molar-refractivity contribution in [2.24, 2.45) is 0 Å². The van der Waals surface area contributed by atoms with Crippen molar-refractivity contribution in [1.29, 1.82) is 0 Å². The molecule has 0 aromatic carbocycles. The summed E-state index contributed by atoms with van der Waals surface area (Å²) < 4.78 is 5.59. The fourth-order valence-electron chi connectivity index (χ4n) is 3.87. The molecule has 0 unspecified atom stereocenters. The summed E-state index contributed by atoms with van der Waals surface area (Å²) in [5, 5.41) is 0. The number of unbranched alkanes of at least 4 members (excludes halogenated alkanes) is 4. The molecule has 1 aliphatic heterocycles. The Hall–Kier alpha value is -0.0800. The summed E-state index contributed by atoms with van der Waals surface area (Å²) in [6, 6.07) is 0. The van der Waals surface area contributed by atoms with Crippen LogP contribution in [0.5, 0.6) is 0 Å². The summed E-state index contributed by atoms with van der Waals surface area (Å²) in [6.07, 6.45) is 11.1.